The van der Waals surface area contributed by atoms with Crippen LogP contribution in [0, 0.1) is 0 Å². The molecular weight excluding hydrogens is 715 g/mol. The topological polar surface area (TPSA) is 21.1 Å². The molecule has 11 rings (SSSR count). The van der Waals surface area contributed by atoms with Gasteiger partial charge in [-0.2, -0.15) is 0 Å². The normalized spacial score (nSPS) is 12.7. The molecule has 2 aromatic heterocycles. The Kier molecular flexibility index (Phi) is 8.16. The van der Waals surface area contributed by atoms with Crippen molar-refractivity contribution in [1.29, 1.82) is 0 Å². The molecule has 0 radical (unpaired) electrons. The third kappa shape index (κ3) is 5.85. The number of para-hydroxylation sites is 2. The monoisotopic (exact) mass is 755 g/mol. The standard InChI is InChI=1S/C56H41N3/c1-56(2)52-16-8-6-14-48(52)49-32-24-42(36-53(49)56)39-20-28-46(29-21-39)58(47-30-22-40(23-31-47)43-11-10-34-57-37-43)45-26-18-38(19-27-45)41-25-33-55-51(35-41)50-15-7-9-17-54(50)59(55)44-12-4-3-5-13-44/h3-37H,1-2H3. The van der Waals surface area contributed by atoms with Crippen molar-refractivity contribution in [2.24, 2.45) is 0 Å². The summed E-state index contributed by atoms with van der Waals surface area (Å²) in [5.41, 5.74) is 19.3. The molecule has 0 bridgehead atoms. The first-order valence-electron chi connectivity index (χ1n) is 20.4. The minimum Gasteiger partial charge on any atom is -0.311 e. The highest BCUT2D eigenvalue weighted by Gasteiger charge is 2.35. The largest absolute Gasteiger partial charge is 0.311 e. The Labute approximate surface area is 345 Å². The molecule has 0 saturated heterocycles. The van der Waals surface area contributed by atoms with Crippen molar-refractivity contribution >= 4 is 38.9 Å². The molecule has 0 unspecified atom stereocenters. The summed E-state index contributed by atoms with van der Waals surface area (Å²) in [6.45, 7) is 4.69. The summed E-state index contributed by atoms with van der Waals surface area (Å²) < 4.78 is 2.37. The molecule has 0 spiro atoms. The molecule has 0 saturated carbocycles. The predicted molar refractivity (Wildman–Crippen MR) is 247 cm³/mol. The van der Waals surface area contributed by atoms with Gasteiger partial charge in [0.05, 0.1) is 11.0 Å². The molecule has 0 aliphatic heterocycles. The Morgan fingerprint density at radius 1 is 0.407 bits per heavy atom. The highest BCUT2D eigenvalue weighted by Crippen LogP contribution is 2.49. The molecule has 0 atom stereocenters. The Morgan fingerprint density at radius 3 is 1.63 bits per heavy atom. The van der Waals surface area contributed by atoms with Crippen LogP contribution in [0.4, 0.5) is 17.1 Å². The summed E-state index contributed by atoms with van der Waals surface area (Å²) in [5.74, 6) is 0. The van der Waals surface area contributed by atoms with Crippen molar-refractivity contribution in [2.45, 2.75) is 19.3 Å². The smallest absolute Gasteiger partial charge is 0.0541 e. The Bertz CT molecular complexity index is 3140. The van der Waals surface area contributed by atoms with Gasteiger partial charge in [-0.3, -0.25) is 4.98 Å². The molecular formula is C56H41N3. The van der Waals surface area contributed by atoms with E-state index in [1.54, 1.807) is 0 Å². The molecule has 280 valence electrons. The van der Waals surface area contributed by atoms with Gasteiger partial charge in [0.25, 0.3) is 0 Å². The van der Waals surface area contributed by atoms with Crippen LogP contribution in [-0.2, 0) is 5.41 Å². The molecule has 0 amide bonds. The molecule has 10 aromatic rings. The second kappa shape index (κ2) is 13.9. The number of rotatable bonds is 7. The zero-order chi connectivity index (χ0) is 39.5. The maximum absolute atomic E-state index is 4.35. The minimum absolute atomic E-state index is 0.0421. The third-order valence-electron chi connectivity index (χ3n) is 12.3. The molecule has 59 heavy (non-hydrogen) atoms. The third-order valence-corrected chi connectivity index (χ3v) is 12.3. The van der Waals surface area contributed by atoms with E-state index in [4.69, 9.17) is 0 Å². The fourth-order valence-electron chi connectivity index (χ4n) is 9.28. The van der Waals surface area contributed by atoms with Crippen LogP contribution in [-0.4, -0.2) is 9.55 Å². The second-order valence-electron chi connectivity index (χ2n) is 16.1. The Morgan fingerprint density at radius 2 is 0.949 bits per heavy atom. The second-order valence-corrected chi connectivity index (χ2v) is 16.1. The van der Waals surface area contributed by atoms with Gasteiger partial charge in [0, 0.05) is 51.3 Å². The SMILES string of the molecule is CC1(C)c2ccccc2-c2ccc(-c3ccc(N(c4ccc(-c5cccnc5)cc4)c4ccc(-c5ccc6c(c5)c5ccccc5n6-c5ccccc5)cc4)cc3)cc21. The lowest BCUT2D eigenvalue weighted by atomic mass is 9.81. The molecule has 0 fully saturated rings. The number of benzene rings is 8. The van der Waals surface area contributed by atoms with E-state index in [9.17, 15) is 0 Å². The van der Waals surface area contributed by atoms with E-state index in [1.807, 2.05) is 18.5 Å². The summed E-state index contributed by atoms with van der Waals surface area (Å²) in [6, 6.07) is 72.9. The van der Waals surface area contributed by atoms with E-state index in [2.05, 4.69) is 222 Å². The van der Waals surface area contributed by atoms with E-state index in [0.717, 1.165) is 28.2 Å². The van der Waals surface area contributed by atoms with Gasteiger partial charge in [0.1, 0.15) is 0 Å². The first kappa shape index (κ1) is 34.7. The summed E-state index contributed by atoms with van der Waals surface area (Å²) >= 11 is 0. The number of hydrogen-bond acceptors (Lipinski definition) is 2. The van der Waals surface area contributed by atoms with Crippen LogP contribution >= 0.6 is 0 Å². The van der Waals surface area contributed by atoms with Crippen LogP contribution in [0.1, 0.15) is 25.0 Å². The zero-order valence-corrected chi connectivity index (χ0v) is 33.0. The molecule has 8 aromatic carbocycles. The summed E-state index contributed by atoms with van der Waals surface area (Å²) in [5, 5.41) is 2.50. The average molecular weight is 756 g/mol. The van der Waals surface area contributed by atoms with Crippen molar-refractivity contribution < 1.29 is 0 Å². The van der Waals surface area contributed by atoms with E-state index in [-0.39, 0.29) is 5.41 Å². The molecule has 1 aliphatic rings. The summed E-state index contributed by atoms with van der Waals surface area (Å²) in [4.78, 5) is 6.70. The minimum atomic E-state index is -0.0421. The van der Waals surface area contributed by atoms with Gasteiger partial charge >= 0.3 is 0 Å². The maximum atomic E-state index is 4.35. The molecule has 3 nitrogen and oxygen atoms in total. The average Bonchev–Trinajstić information content (AvgIpc) is 3.75. The van der Waals surface area contributed by atoms with Gasteiger partial charge in [-0.1, -0.05) is 135 Å². The van der Waals surface area contributed by atoms with Crippen molar-refractivity contribution in [2.75, 3.05) is 4.90 Å². The maximum Gasteiger partial charge on any atom is 0.0541 e. The first-order chi connectivity index (χ1) is 29.0. The van der Waals surface area contributed by atoms with Gasteiger partial charge in [-0.15, -0.1) is 0 Å². The fraction of sp³-hybridized carbons (Fsp3) is 0.0536. The van der Waals surface area contributed by atoms with E-state index in [0.29, 0.717) is 0 Å². The van der Waals surface area contributed by atoms with Crippen LogP contribution < -0.4 is 4.90 Å². The highest BCUT2D eigenvalue weighted by atomic mass is 15.1. The summed E-state index contributed by atoms with van der Waals surface area (Å²) in [6.07, 6.45) is 3.73. The van der Waals surface area contributed by atoms with E-state index >= 15 is 0 Å². The van der Waals surface area contributed by atoms with Crippen LogP contribution in [0.25, 0.3) is 72.0 Å². The number of pyridine rings is 1. The van der Waals surface area contributed by atoms with Crippen LogP contribution in [0.15, 0.2) is 213 Å². The van der Waals surface area contributed by atoms with Crippen LogP contribution in [0.2, 0.25) is 0 Å². The molecule has 1 aliphatic carbocycles. The van der Waals surface area contributed by atoms with Crippen molar-refractivity contribution in [1.82, 2.24) is 9.55 Å². The zero-order valence-electron chi connectivity index (χ0n) is 33.0. The van der Waals surface area contributed by atoms with Gasteiger partial charge in [-0.25, -0.2) is 0 Å². The van der Waals surface area contributed by atoms with Crippen molar-refractivity contribution in [3.8, 4) is 50.2 Å². The molecule has 3 heteroatoms. The fourth-order valence-corrected chi connectivity index (χ4v) is 9.28. The van der Waals surface area contributed by atoms with Gasteiger partial charge in [-0.05, 0) is 134 Å². The lowest BCUT2D eigenvalue weighted by molar-refractivity contribution is 0.660. The number of fused-ring (bicyclic) bond motifs is 6. The Balaban J connectivity index is 0.960. The lowest BCUT2D eigenvalue weighted by Crippen LogP contribution is -2.14. The highest BCUT2D eigenvalue weighted by molar-refractivity contribution is 6.10. The number of anilines is 3. The Hall–Kier alpha value is -7.49. The number of hydrogen-bond donors (Lipinski definition) is 0. The quantitative estimate of drug-likeness (QED) is 0.162. The lowest BCUT2D eigenvalue weighted by Gasteiger charge is -2.26. The molecule has 2 heterocycles. The van der Waals surface area contributed by atoms with Gasteiger partial charge in [0.15, 0.2) is 0 Å². The number of aromatic nitrogens is 2. The van der Waals surface area contributed by atoms with Crippen LogP contribution in [0.3, 0.4) is 0 Å². The predicted octanol–water partition coefficient (Wildman–Crippen LogP) is 15.0. The number of nitrogens with zero attached hydrogens (tertiary/aromatic N) is 3. The summed E-state index contributed by atoms with van der Waals surface area (Å²) in [7, 11) is 0. The van der Waals surface area contributed by atoms with E-state index < -0.39 is 0 Å². The first-order valence-corrected chi connectivity index (χ1v) is 20.4. The van der Waals surface area contributed by atoms with Gasteiger partial charge in [0.2, 0.25) is 0 Å². The van der Waals surface area contributed by atoms with Gasteiger partial charge < -0.3 is 9.47 Å². The van der Waals surface area contributed by atoms with Crippen molar-refractivity contribution in [3.05, 3.63) is 224 Å². The van der Waals surface area contributed by atoms with Crippen LogP contribution in [0.5, 0.6) is 0 Å². The van der Waals surface area contributed by atoms with Crippen molar-refractivity contribution in [3.63, 3.8) is 0 Å². The van der Waals surface area contributed by atoms with E-state index in [1.165, 1.54) is 72.0 Å². The molecule has 0 N–H and O–H groups in total.